The minimum Gasteiger partial charge on any atom is -0.455 e. The molecule has 124 valence electrons. The normalized spacial score (nSPS) is 11.1. The predicted octanol–water partition coefficient (Wildman–Crippen LogP) is 3.25. The standard InChI is InChI=1S/C19H16N4O2/c1-12-10-13(2)23-19(20-12)21-17(22-23)18(24)25-11-15-8-5-7-14-6-3-4-9-16(14)15/h3-10H,11H2,1-2H3. The van der Waals surface area contributed by atoms with Crippen LogP contribution in [0.2, 0.25) is 0 Å². The maximum Gasteiger partial charge on any atom is 0.378 e. The molecule has 4 aromatic rings. The molecule has 0 fully saturated rings. The Hall–Kier alpha value is -3.28. The van der Waals surface area contributed by atoms with Crippen LogP contribution in [0.15, 0.2) is 48.5 Å². The SMILES string of the molecule is Cc1cc(C)n2nc(C(=O)OCc3cccc4ccccc34)nc2n1. The van der Waals surface area contributed by atoms with Crippen LogP contribution in [0.25, 0.3) is 16.6 Å². The highest BCUT2D eigenvalue weighted by molar-refractivity contribution is 5.87. The van der Waals surface area contributed by atoms with Crippen LogP contribution in [-0.4, -0.2) is 25.6 Å². The first-order valence-corrected chi connectivity index (χ1v) is 7.96. The van der Waals surface area contributed by atoms with E-state index >= 15 is 0 Å². The number of esters is 1. The highest BCUT2D eigenvalue weighted by atomic mass is 16.5. The molecule has 2 heterocycles. The van der Waals surface area contributed by atoms with Crippen LogP contribution in [0, 0.1) is 13.8 Å². The Bertz CT molecular complexity index is 1100. The zero-order chi connectivity index (χ0) is 17.4. The molecule has 0 saturated heterocycles. The van der Waals surface area contributed by atoms with E-state index in [1.54, 1.807) is 4.52 Å². The quantitative estimate of drug-likeness (QED) is 0.539. The lowest BCUT2D eigenvalue weighted by atomic mass is 10.1. The van der Waals surface area contributed by atoms with Gasteiger partial charge in [0.05, 0.1) is 0 Å². The molecule has 0 unspecified atom stereocenters. The van der Waals surface area contributed by atoms with Crippen molar-refractivity contribution in [3.8, 4) is 0 Å². The number of hydrogen-bond acceptors (Lipinski definition) is 5. The van der Waals surface area contributed by atoms with Gasteiger partial charge in [-0.2, -0.15) is 4.98 Å². The number of nitrogens with zero attached hydrogens (tertiary/aromatic N) is 4. The van der Waals surface area contributed by atoms with Crippen LogP contribution in [0.4, 0.5) is 0 Å². The number of rotatable bonds is 3. The lowest BCUT2D eigenvalue weighted by molar-refractivity contribution is 0.0460. The molecule has 2 aromatic carbocycles. The van der Waals surface area contributed by atoms with Gasteiger partial charge >= 0.3 is 5.97 Å². The van der Waals surface area contributed by atoms with Gasteiger partial charge in [0.25, 0.3) is 11.6 Å². The molecule has 0 aliphatic rings. The zero-order valence-corrected chi connectivity index (χ0v) is 13.9. The second-order valence-corrected chi connectivity index (χ2v) is 5.90. The van der Waals surface area contributed by atoms with Gasteiger partial charge in [-0.05, 0) is 36.2 Å². The van der Waals surface area contributed by atoms with Gasteiger partial charge in [0.1, 0.15) is 6.61 Å². The third kappa shape index (κ3) is 2.82. The Morgan fingerprint density at radius 2 is 1.88 bits per heavy atom. The molecule has 0 radical (unpaired) electrons. The number of aromatic nitrogens is 4. The van der Waals surface area contributed by atoms with E-state index in [0.717, 1.165) is 27.7 Å². The van der Waals surface area contributed by atoms with Crippen molar-refractivity contribution in [3.05, 3.63) is 71.3 Å². The lowest BCUT2D eigenvalue weighted by Gasteiger charge is -2.06. The summed E-state index contributed by atoms with van der Waals surface area (Å²) in [6.07, 6.45) is 0. The van der Waals surface area contributed by atoms with Gasteiger partial charge in [-0.15, -0.1) is 5.10 Å². The van der Waals surface area contributed by atoms with Crippen molar-refractivity contribution in [2.75, 3.05) is 0 Å². The summed E-state index contributed by atoms with van der Waals surface area (Å²) < 4.78 is 6.96. The average molecular weight is 332 g/mol. The van der Waals surface area contributed by atoms with Crippen LogP contribution < -0.4 is 0 Å². The van der Waals surface area contributed by atoms with Crippen molar-refractivity contribution in [3.63, 3.8) is 0 Å². The molecule has 0 spiro atoms. The van der Waals surface area contributed by atoms with E-state index < -0.39 is 5.97 Å². The number of fused-ring (bicyclic) bond motifs is 2. The van der Waals surface area contributed by atoms with E-state index in [-0.39, 0.29) is 12.4 Å². The van der Waals surface area contributed by atoms with E-state index in [9.17, 15) is 4.79 Å². The fraction of sp³-hybridized carbons (Fsp3) is 0.158. The summed E-state index contributed by atoms with van der Waals surface area (Å²) in [6, 6.07) is 15.8. The highest BCUT2D eigenvalue weighted by Crippen LogP contribution is 2.19. The van der Waals surface area contributed by atoms with Gasteiger partial charge in [0.15, 0.2) is 0 Å². The molecule has 0 aliphatic carbocycles. The monoisotopic (exact) mass is 332 g/mol. The average Bonchev–Trinajstić information content (AvgIpc) is 3.04. The molecule has 2 aromatic heterocycles. The fourth-order valence-electron chi connectivity index (χ4n) is 2.88. The first kappa shape index (κ1) is 15.3. The summed E-state index contributed by atoms with van der Waals surface area (Å²) in [5.74, 6) is -0.147. The second-order valence-electron chi connectivity index (χ2n) is 5.90. The van der Waals surface area contributed by atoms with Crippen LogP contribution >= 0.6 is 0 Å². The predicted molar refractivity (Wildman–Crippen MR) is 93.3 cm³/mol. The Morgan fingerprint density at radius 1 is 1.08 bits per heavy atom. The van der Waals surface area contributed by atoms with Crippen LogP contribution in [-0.2, 0) is 11.3 Å². The summed E-state index contributed by atoms with van der Waals surface area (Å²) in [6.45, 7) is 3.93. The van der Waals surface area contributed by atoms with Gasteiger partial charge in [0.2, 0.25) is 0 Å². The fourth-order valence-corrected chi connectivity index (χ4v) is 2.88. The molecule has 6 heteroatoms. The summed E-state index contributed by atoms with van der Waals surface area (Å²) in [5, 5.41) is 6.37. The molecule has 0 aliphatic heterocycles. The topological polar surface area (TPSA) is 69.4 Å². The Kier molecular flexibility index (Phi) is 3.65. The minimum absolute atomic E-state index is 0.0152. The number of benzene rings is 2. The summed E-state index contributed by atoms with van der Waals surface area (Å²) in [4.78, 5) is 20.8. The van der Waals surface area contributed by atoms with Crippen molar-refractivity contribution < 1.29 is 9.53 Å². The van der Waals surface area contributed by atoms with Crippen molar-refractivity contribution in [2.45, 2.75) is 20.5 Å². The first-order valence-electron chi connectivity index (χ1n) is 7.96. The van der Waals surface area contributed by atoms with E-state index in [4.69, 9.17) is 4.74 Å². The van der Waals surface area contributed by atoms with Crippen molar-refractivity contribution in [1.29, 1.82) is 0 Å². The molecule has 0 N–H and O–H groups in total. The smallest absolute Gasteiger partial charge is 0.378 e. The molecular formula is C19H16N4O2. The van der Waals surface area contributed by atoms with Crippen molar-refractivity contribution >= 4 is 22.5 Å². The molecule has 6 nitrogen and oxygen atoms in total. The Balaban J connectivity index is 1.59. The van der Waals surface area contributed by atoms with Gasteiger partial charge < -0.3 is 4.74 Å². The Labute approximate surface area is 144 Å². The first-order chi connectivity index (χ1) is 12.1. The largest absolute Gasteiger partial charge is 0.455 e. The number of carbonyl (C=O) groups excluding carboxylic acids is 1. The Morgan fingerprint density at radius 3 is 2.76 bits per heavy atom. The highest BCUT2D eigenvalue weighted by Gasteiger charge is 2.17. The third-order valence-corrected chi connectivity index (χ3v) is 4.04. The summed E-state index contributed by atoms with van der Waals surface area (Å²) >= 11 is 0. The second kappa shape index (κ2) is 5.98. The van der Waals surface area contributed by atoms with Crippen LogP contribution in [0.5, 0.6) is 0 Å². The van der Waals surface area contributed by atoms with E-state index in [1.165, 1.54) is 0 Å². The van der Waals surface area contributed by atoms with E-state index in [0.29, 0.717) is 5.78 Å². The van der Waals surface area contributed by atoms with Gasteiger partial charge in [-0.25, -0.2) is 14.3 Å². The molecule has 25 heavy (non-hydrogen) atoms. The van der Waals surface area contributed by atoms with Gasteiger partial charge in [-0.3, -0.25) is 0 Å². The van der Waals surface area contributed by atoms with E-state index in [2.05, 4.69) is 15.1 Å². The number of carbonyl (C=O) groups is 1. The number of ether oxygens (including phenoxy) is 1. The minimum atomic E-state index is -0.560. The summed E-state index contributed by atoms with van der Waals surface area (Å²) in [5.41, 5.74) is 2.64. The number of aryl methyl sites for hydroxylation is 2. The summed E-state index contributed by atoms with van der Waals surface area (Å²) in [7, 11) is 0. The lowest BCUT2D eigenvalue weighted by Crippen LogP contribution is -2.08. The molecule has 0 atom stereocenters. The molecule has 4 rings (SSSR count). The van der Waals surface area contributed by atoms with Gasteiger partial charge in [-0.1, -0.05) is 42.5 Å². The van der Waals surface area contributed by atoms with Crippen molar-refractivity contribution in [2.24, 2.45) is 0 Å². The van der Waals surface area contributed by atoms with E-state index in [1.807, 2.05) is 62.4 Å². The maximum absolute atomic E-state index is 12.3. The van der Waals surface area contributed by atoms with Crippen molar-refractivity contribution in [1.82, 2.24) is 19.6 Å². The van der Waals surface area contributed by atoms with Crippen LogP contribution in [0.1, 0.15) is 27.6 Å². The maximum atomic E-state index is 12.3. The molecular weight excluding hydrogens is 316 g/mol. The van der Waals surface area contributed by atoms with Crippen LogP contribution in [0.3, 0.4) is 0 Å². The molecule has 0 saturated carbocycles. The number of hydrogen-bond donors (Lipinski definition) is 0. The molecule has 0 bridgehead atoms. The van der Waals surface area contributed by atoms with Gasteiger partial charge in [0, 0.05) is 11.4 Å². The zero-order valence-electron chi connectivity index (χ0n) is 13.9. The third-order valence-electron chi connectivity index (χ3n) is 4.04. The molecule has 0 amide bonds.